The van der Waals surface area contributed by atoms with Crippen LogP contribution in [0.4, 0.5) is 0 Å². The average molecular weight is 472 g/mol. The molecule has 0 unspecified atom stereocenters. The van der Waals surface area contributed by atoms with Gasteiger partial charge in [-0.25, -0.2) is 4.98 Å². The molecule has 1 aromatic heterocycles. The van der Waals surface area contributed by atoms with E-state index in [1.165, 1.54) is 4.68 Å². The van der Waals surface area contributed by atoms with Gasteiger partial charge >= 0.3 is 0 Å². The lowest BCUT2D eigenvalue weighted by Gasteiger charge is -2.15. The zero-order valence-corrected chi connectivity index (χ0v) is 19.4. The van der Waals surface area contributed by atoms with Gasteiger partial charge in [-0.05, 0) is 62.2 Å². The van der Waals surface area contributed by atoms with Crippen LogP contribution in [0.5, 0.6) is 11.5 Å². The van der Waals surface area contributed by atoms with E-state index in [0.29, 0.717) is 28.2 Å². The number of benzene rings is 2. The molecule has 0 amide bonds. The van der Waals surface area contributed by atoms with Gasteiger partial charge in [0, 0.05) is 10.4 Å². The van der Waals surface area contributed by atoms with Gasteiger partial charge in [0.25, 0.3) is 5.56 Å². The van der Waals surface area contributed by atoms with Gasteiger partial charge in [-0.2, -0.15) is 9.78 Å². The fraction of sp³-hybridized carbons (Fsp3) is 0.348. The molecule has 6 nitrogen and oxygen atoms in total. The van der Waals surface area contributed by atoms with E-state index >= 15 is 0 Å². The van der Waals surface area contributed by atoms with E-state index in [-0.39, 0.29) is 17.6 Å². The Morgan fingerprint density at radius 1 is 1.17 bits per heavy atom. The zero-order chi connectivity index (χ0) is 21.8. The third kappa shape index (κ3) is 4.73. The highest BCUT2D eigenvalue weighted by Gasteiger charge is 2.15. The van der Waals surface area contributed by atoms with Crippen LogP contribution in [0, 0.1) is 0 Å². The van der Waals surface area contributed by atoms with Crippen LogP contribution in [-0.4, -0.2) is 29.1 Å². The molecule has 0 saturated carbocycles. The lowest BCUT2D eigenvalue weighted by Crippen LogP contribution is -2.23. The average Bonchev–Trinajstić information content (AvgIpc) is 2.73. The van der Waals surface area contributed by atoms with Crippen LogP contribution in [0.2, 0.25) is 0 Å². The molecule has 0 N–H and O–H groups in total. The summed E-state index contributed by atoms with van der Waals surface area (Å²) in [7, 11) is 1.60. The van der Waals surface area contributed by atoms with E-state index in [1.54, 1.807) is 19.4 Å². The number of nitrogens with zero attached hydrogens (tertiary/aromatic N) is 3. The number of hydrogen-bond donors (Lipinski definition) is 0. The van der Waals surface area contributed by atoms with Crippen LogP contribution in [0.15, 0.2) is 50.8 Å². The first kappa shape index (κ1) is 22.0. The highest BCUT2D eigenvalue weighted by atomic mass is 79.9. The molecule has 1 heterocycles. The Labute approximate surface area is 184 Å². The minimum atomic E-state index is -0.195. The van der Waals surface area contributed by atoms with E-state index < -0.39 is 0 Å². The highest BCUT2D eigenvalue weighted by molar-refractivity contribution is 9.10. The first-order valence-electron chi connectivity index (χ1n) is 9.95. The van der Waals surface area contributed by atoms with Crippen molar-refractivity contribution in [2.45, 2.75) is 46.1 Å². The van der Waals surface area contributed by atoms with Crippen molar-refractivity contribution in [1.82, 2.24) is 9.66 Å². The maximum atomic E-state index is 13.2. The maximum Gasteiger partial charge on any atom is 0.282 e. The zero-order valence-electron chi connectivity index (χ0n) is 17.8. The van der Waals surface area contributed by atoms with E-state index in [9.17, 15) is 4.79 Å². The lowest BCUT2D eigenvalue weighted by molar-refractivity contribution is 0.230. The van der Waals surface area contributed by atoms with Gasteiger partial charge in [-0.15, -0.1) is 0 Å². The molecule has 0 aliphatic carbocycles. The molecule has 30 heavy (non-hydrogen) atoms. The van der Waals surface area contributed by atoms with Crippen molar-refractivity contribution in [2.24, 2.45) is 5.10 Å². The van der Waals surface area contributed by atoms with Crippen molar-refractivity contribution in [3.05, 3.63) is 62.6 Å². The highest BCUT2D eigenvalue weighted by Crippen LogP contribution is 2.28. The molecule has 2 aromatic carbocycles. The van der Waals surface area contributed by atoms with E-state index in [2.05, 4.69) is 28.0 Å². The number of halogens is 1. The summed E-state index contributed by atoms with van der Waals surface area (Å²) in [4.78, 5) is 17.9. The SMILES string of the molecule is CC[C@@H](C)c1nc2ccc(Br)cc2c(=O)n1N=Cc1ccc(OC(C)C)c(OC)c1. The first-order valence-corrected chi connectivity index (χ1v) is 10.7. The lowest BCUT2D eigenvalue weighted by atomic mass is 10.1. The molecule has 0 aliphatic rings. The number of fused-ring (bicyclic) bond motifs is 1. The molecule has 3 aromatic rings. The van der Waals surface area contributed by atoms with Crippen molar-refractivity contribution >= 4 is 33.0 Å². The maximum absolute atomic E-state index is 13.2. The molecule has 3 rings (SSSR count). The number of rotatable bonds is 7. The molecule has 0 bridgehead atoms. The van der Waals surface area contributed by atoms with Crippen LogP contribution in [-0.2, 0) is 0 Å². The van der Waals surface area contributed by atoms with Crippen molar-refractivity contribution < 1.29 is 9.47 Å². The smallest absolute Gasteiger partial charge is 0.282 e. The minimum absolute atomic E-state index is 0.0399. The van der Waals surface area contributed by atoms with Crippen molar-refractivity contribution in [1.29, 1.82) is 0 Å². The van der Waals surface area contributed by atoms with Gasteiger partial charge < -0.3 is 9.47 Å². The minimum Gasteiger partial charge on any atom is -0.493 e. The van der Waals surface area contributed by atoms with Gasteiger partial charge in [0.2, 0.25) is 0 Å². The molecular weight excluding hydrogens is 446 g/mol. The normalized spacial score (nSPS) is 12.6. The van der Waals surface area contributed by atoms with Crippen molar-refractivity contribution in [3.63, 3.8) is 0 Å². The van der Waals surface area contributed by atoms with Crippen LogP contribution < -0.4 is 15.0 Å². The monoisotopic (exact) mass is 471 g/mol. The van der Waals surface area contributed by atoms with Crippen LogP contribution in [0.25, 0.3) is 10.9 Å². The van der Waals surface area contributed by atoms with Gasteiger partial charge in [0.1, 0.15) is 5.82 Å². The van der Waals surface area contributed by atoms with Gasteiger partial charge in [0.05, 0.1) is 30.3 Å². The van der Waals surface area contributed by atoms with Gasteiger partial charge in [-0.3, -0.25) is 4.79 Å². The molecule has 0 saturated heterocycles. The van der Waals surface area contributed by atoms with Crippen molar-refractivity contribution in [2.75, 3.05) is 7.11 Å². The molecule has 158 valence electrons. The molecule has 0 aliphatic heterocycles. The second-order valence-corrected chi connectivity index (χ2v) is 8.29. The largest absolute Gasteiger partial charge is 0.493 e. The fourth-order valence-electron chi connectivity index (χ4n) is 3.02. The Bertz CT molecular complexity index is 1140. The fourth-order valence-corrected chi connectivity index (χ4v) is 3.38. The van der Waals surface area contributed by atoms with Crippen molar-refractivity contribution in [3.8, 4) is 11.5 Å². The second-order valence-electron chi connectivity index (χ2n) is 7.38. The third-order valence-electron chi connectivity index (χ3n) is 4.76. The summed E-state index contributed by atoms with van der Waals surface area (Å²) >= 11 is 3.43. The van der Waals surface area contributed by atoms with Crippen LogP contribution in [0.1, 0.15) is 51.4 Å². The molecule has 7 heteroatoms. The first-order chi connectivity index (χ1) is 14.3. The Morgan fingerprint density at radius 3 is 2.60 bits per heavy atom. The molecule has 1 atom stereocenters. The van der Waals surface area contributed by atoms with E-state index in [1.807, 2.05) is 51.1 Å². The number of ether oxygens (including phenoxy) is 2. The topological polar surface area (TPSA) is 65.7 Å². The predicted octanol–water partition coefficient (Wildman–Crippen LogP) is 5.35. The van der Waals surface area contributed by atoms with E-state index in [4.69, 9.17) is 14.5 Å². The second kappa shape index (κ2) is 9.43. The van der Waals surface area contributed by atoms with Crippen LogP contribution >= 0.6 is 15.9 Å². The summed E-state index contributed by atoms with van der Waals surface area (Å²) in [5.74, 6) is 2.00. The van der Waals surface area contributed by atoms with E-state index in [0.717, 1.165) is 16.5 Å². The standard InChI is InChI=1S/C23H26BrN3O3/c1-6-15(4)22-26-19-9-8-17(24)12-18(19)23(28)27(22)25-13-16-7-10-20(30-14(2)3)21(11-16)29-5/h7-15H,6H2,1-5H3/t15-/m1/s1. The third-order valence-corrected chi connectivity index (χ3v) is 5.25. The summed E-state index contributed by atoms with van der Waals surface area (Å²) in [6, 6.07) is 11.1. The molecule has 0 fully saturated rings. The van der Waals surface area contributed by atoms with Gasteiger partial charge in [0.15, 0.2) is 11.5 Å². The Hall–Kier alpha value is -2.67. The van der Waals surface area contributed by atoms with Crippen LogP contribution in [0.3, 0.4) is 0 Å². The molecule has 0 spiro atoms. The summed E-state index contributed by atoms with van der Waals surface area (Å²) in [5.41, 5.74) is 1.26. The number of hydrogen-bond acceptors (Lipinski definition) is 5. The quantitative estimate of drug-likeness (QED) is 0.435. The Kier molecular flexibility index (Phi) is 6.92. The summed E-state index contributed by atoms with van der Waals surface area (Å²) in [6.07, 6.45) is 2.53. The summed E-state index contributed by atoms with van der Waals surface area (Å²) in [5, 5.41) is 5.02. The Morgan fingerprint density at radius 2 is 1.93 bits per heavy atom. The molecule has 0 radical (unpaired) electrons. The number of aromatic nitrogens is 2. The molecular formula is C23H26BrN3O3. The van der Waals surface area contributed by atoms with Gasteiger partial charge in [-0.1, -0.05) is 29.8 Å². The summed E-state index contributed by atoms with van der Waals surface area (Å²) < 4.78 is 13.4. The summed E-state index contributed by atoms with van der Waals surface area (Å²) in [6.45, 7) is 8.03. The Balaban J connectivity index is 2.09. The number of methoxy groups -OCH3 is 1. The predicted molar refractivity (Wildman–Crippen MR) is 124 cm³/mol.